The standard InChI is InChI=1S/C26H26FN5O2/c1-17(2)15-28-24(33)19-10-11-22(18(3)14-19)30-25(34)20-16-29-32(23-9-5-4-8-21(23)27)26(20)31-12-6-7-13-31/h4-14,16-17H,15H2,1-3H3,(H,28,33)(H,30,34). The molecule has 0 saturated heterocycles. The van der Waals surface area contributed by atoms with E-state index in [0.29, 0.717) is 29.5 Å². The molecule has 7 nitrogen and oxygen atoms in total. The van der Waals surface area contributed by atoms with Crippen molar-refractivity contribution in [1.29, 1.82) is 0 Å². The van der Waals surface area contributed by atoms with E-state index < -0.39 is 11.7 Å². The van der Waals surface area contributed by atoms with Crippen molar-refractivity contribution >= 4 is 17.5 Å². The number of carbonyl (C=O) groups excluding carboxylic acids is 2. The topological polar surface area (TPSA) is 81.0 Å². The zero-order valence-electron chi connectivity index (χ0n) is 19.2. The highest BCUT2D eigenvalue weighted by Crippen LogP contribution is 2.24. The third-order valence-electron chi connectivity index (χ3n) is 5.33. The molecule has 2 amide bonds. The van der Waals surface area contributed by atoms with Crippen molar-refractivity contribution < 1.29 is 14.0 Å². The number of aromatic nitrogens is 3. The molecule has 0 aliphatic rings. The summed E-state index contributed by atoms with van der Waals surface area (Å²) in [4.78, 5) is 25.6. The van der Waals surface area contributed by atoms with Crippen molar-refractivity contribution in [2.24, 2.45) is 5.92 Å². The lowest BCUT2D eigenvalue weighted by Gasteiger charge is -2.13. The molecule has 174 valence electrons. The molecule has 0 saturated carbocycles. The second-order valence-corrected chi connectivity index (χ2v) is 8.42. The van der Waals surface area contributed by atoms with E-state index in [9.17, 15) is 14.0 Å². The first-order valence-corrected chi connectivity index (χ1v) is 11.0. The summed E-state index contributed by atoms with van der Waals surface area (Å²) >= 11 is 0. The molecular weight excluding hydrogens is 433 g/mol. The molecule has 0 atom stereocenters. The molecule has 34 heavy (non-hydrogen) atoms. The Morgan fingerprint density at radius 1 is 1.03 bits per heavy atom. The summed E-state index contributed by atoms with van der Waals surface area (Å²) in [6, 6.07) is 15.0. The Morgan fingerprint density at radius 2 is 1.76 bits per heavy atom. The molecule has 2 aromatic heterocycles. The van der Waals surface area contributed by atoms with Crippen LogP contribution in [-0.2, 0) is 0 Å². The number of nitrogens with one attached hydrogen (secondary N) is 2. The predicted octanol–water partition coefficient (Wildman–Crippen LogP) is 4.75. The average molecular weight is 460 g/mol. The molecular formula is C26H26FN5O2. The minimum Gasteiger partial charge on any atom is -0.352 e. The number of hydrogen-bond acceptors (Lipinski definition) is 3. The second-order valence-electron chi connectivity index (χ2n) is 8.42. The molecule has 0 radical (unpaired) electrons. The van der Waals surface area contributed by atoms with Gasteiger partial charge in [0.2, 0.25) is 0 Å². The number of nitrogens with zero attached hydrogens (tertiary/aromatic N) is 3. The number of hydrogen-bond donors (Lipinski definition) is 2. The Balaban J connectivity index is 1.63. The number of aryl methyl sites for hydroxylation is 1. The van der Waals surface area contributed by atoms with Crippen LogP contribution in [0.2, 0.25) is 0 Å². The van der Waals surface area contributed by atoms with E-state index in [1.165, 1.54) is 16.9 Å². The number of anilines is 1. The molecule has 0 aliphatic carbocycles. The van der Waals surface area contributed by atoms with Crippen molar-refractivity contribution in [2.45, 2.75) is 20.8 Å². The fourth-order valence-corrected chi connectivity index (χ4v) is 3.56. The van der Waals surface area contributed by atoms with E-state index in [2.05, 4.69) is 15.7 Å². The van der Waals surface area contributed by atoms with Crippen LogP contribution in [0.4, 0.5) is 10.1 Å². The van der Waals surface area contributed by atoms with Gasteiger partial charge >= 0.3 is 0 Å². The Bertz CT molecular complexity index is 1320. The van der Waals surface area contributed by atoms with Crippen LogP contribution >= 0.6 is 0 Å². The lowest BCUT2D eigenvalue weighted by Crippen LogP contribution is -2.27. The summed E-state index contributed by atoms with van der Waals surface area (Å²) in [7, 11) is 0. The Kier molecular flexibility index (Phi) is 6.58. The summed E-state index contributed by atoms with van der Waals surface area (Å²) in [6.45, 7) is 6.47. The maximum absolute atomic E-state index is 14.5. The average Bonchev–Trinajstić information content (AvgIpc) is 3.48. The number of rotatable bonds is 7. The molecule has 4 rings (SSSR count). The second kappa shape index (κ2) is 9.74. The van der Waals surface area contributed by atoms with E-state index >= 15 is 0 Å². The van der Waals surface area contributed by atoms with Gasteiger partial charge in [-0.05, 0) is 60.9 Å². The molecule has 2 N–H and O–H groups in total. The van der Waals surface area contributed by atoms with Gasteiger partial charge in [-0.25, -0.2) is 9.07 Å². The SMILES string of the molecule is Cc1cc(C(=O)NCC(C)C)ccc1NC(=O)c1cnn(-c2ccccc2F)c1-n1cccc1. The molecule has 0 spiro atoms. The van der Waals surface area contributed by atoms with Crippen LogP contribution in [0.3, 0.4) is 0 Å². The van der Waals surface area contributed by atoms with E-state index in [4.69, 9.17) is 0 Å². The number of halogens is 1. The number of carbonyl (C=O) groups is 2. The summed E-state index contributed by atoms with van der Waals surface area (Å²) in [5.41, 5.74) is 2.35. The van der Waals surface area contributed by atoms with Crippen molar-refractivity contribution in [3.63, 3.8) is 0 Å². The van der Waals surface area contributed by atoms with Gasteiger partial charge < -0.3 is 15.2 Å². The quantitative estimate of drug-likeness (QED) is 0.419. The predicted molar refractivity (Wildman–Crippen MR) is 129 cm³/mol. The minimum absolute atomic E-state index is 0.157. The van der Waals surface area contributed by atoms with Gasteiger partial charge in [0.25, 0.3) is 11.8 Å². The highest BCUT2D eigenvalue weighted by atomic mass is 19.1. The lowest BCUT2D eigenvalue weighted by molar-refractivity contribution is 0.0948. The maximum Gasteiger partial charge on any atom is 0.261 e. The van der Waals surface area contributed by atoms with Crippen LogP contribution in [0.1, 0.15) is 40.1 Å². The molecule has 2 aromatic carbocycles. The molecule has 0 fully saturated rings. The van der Waals surface area contributed by atoms with E-state index in [1.54, 1.807) is 53.4 Å². The fourth-order valence-electron chi connectivity index (χ4n) is 3.56. The molecule has 2 heterocycles. The van der Waals surface area contributed by atoms with Crippen molar-refractivity contribution in [3.05, 3.63) is 95.7 Å². The fraction of sp³-hybridized carbons (Fsp3) is 0.192. The molecule has 0 bridgehead atoms. The molecule has 0 unspecified atom stereocenters. The number of benzene rings is 2. The van der Waals surface area contributed by atoms with Gasteiger partial charge in [0, 0.05) is 30.2 Å². The Morgan fingerprint density at radius 3 is 2.44 bits per heavy atom. The van der Waals surface area contributed by atoms with Crippen LogP contribution in [0.5, 0.6) is 0 Å². The summed E-state index contributed by atoms with van der Waals surface area (Å²) in [5.74, 6) is -0.242. The van der Waals surface area contributed by atoms with Crippen molar-refractivity contribution in [3.8, 4) is 11.5 Å². The highest BCUT2D eigenvalue weighted by molar-refractivity contribution is 6.07. The summed E-state index contributed by atoms with van der Waals surface area (Å²) in [5, 5.41) is 10.1. The summed E-state index contributed by atoms with van der Waals surface area (Å²) < 4.78 is 17.6. The zero-order valence-corrected chi connectivity index (χ0v) is 19.2. The number of para-hydroxylation sites is 1. The van der Waals surface area contributed by atoms with Crippen LogP contribution in [0.25, 0.3) is 11.5 Å². The first-order valence-electron chi connectivity index (χ1n) is 11.0. The normalized spacial score (nSPS) is 11.0. The first kappa shape index (κ1) is 23.0. The molecule has 4 aromatic rings. The van der Waals surface area contributed by atoms with Crippen LogP contribution < -0.4 is 10.6 Å². The number of amides is 2. The Hall–Kier alpha value is -4.20. The lowest BCUT2D eigenvalue weighted by atomic mass is 10.1. The van der Waals surface area contributed by atoms with Gasteiger partial charge in [-0.1, -0.05) is 26.0 Å². The van der Waals surface area contributed by atoms with Gasteiger partial charge in [-0.2, -0.15) is 5.10 Å². The highest BCUT2D eigenvalue weighted by Gasteiger charge is 2.22. The van der Waals surface area contributed by atoms with Gasteiger partial charge in [0.15, 0.2) is 5.82 Å². The van der Waals surface area contributed by atoms with Crippen molar-refractivity contribution in [2.75, 3.05) is 11.9 Å². The van der Waals surface area contributed by atoms with Gasteiger partial charge in [0.1, 0.15) is 17.1 Å². The smallest absolute Gasteiger partial charge is 0.261 e. The largest absolute Gasteiger partial charge is 0.352 e. The van der Waals surface area contributed by atoms with Crippen molar-refractivity contribution in [1.82, 2.24) is 19.7 Å². The van der Waals surface area contributed by atoms with Gasteiger partial charge in [0.05, 0.1) is 6.20 Å². The molecule has 8 heteroatoms. The van der Waals surface area contributed by atoms with E-state index in [1.807, 2.05) is 32.9 Å². The minimum atomic E-state index is -0.451. The van der Waals surface area contributed by atoms with Crippen LogP contribution in [0.15, 0.2) is 73.2 Å². The maximum atomic E-state index is 14.5. The van der Waals surface area contributed by atoms with Gasteiger partial charge in [-0.15, -0.1) is 0 Å². The third kappa shape index (κ3) is 4.76. The Labute approximate surface area is 197 Å². The van der Waals surface area contributed by atoms with Crippen LogP contribution in [-0.4, -0.2) is 32.7 Å². The van der Waals surface area contributed by atoms with Gasteiger partial charge in [-0.3, -0.25) is 9.59 Å². The van der Waals surface area contributed by atoms with E-state index in [0.717, 1.165) is 5.56 Å². The zero-order chi connectivity index (χ0) is 24.2. The van der Waals surface area contributed by atoms with Crippen LogP contribution in [0, 0.1) is 18.7 Å². The molecule has 0 aliphatic heterocycles. The first-order chi connectivity index (χ1) is 16.3. The van der Waals surface area contributed by atoms with E-state index in [-0.39, 0.29) is 17.2 Å². The summed E-state index contributed by atoms with van der Waals surface area (Å²) in [6.07, 6.45) is 4.95. The third-order valence-corrected chi connectivity index (χ3v) is 5.33. The monoisotopic (exact) mass is 459 g/mol.